The van der Waals surface area contributed by atoms with E-state index in [0.717, 1.165) is 36.6 Å². The standard InChI is InChI=1S/C19H21F3N2O2/c1-25-16-9-13-7-8-23-15(14(13)10-17(16)26-2)5-3-12-4-6-18(24-11-12)19(20,21)22/h4,6,9-11,15,23H,3,5,7-8H2,1-2H3/t15-/m0/s1. The van der Waals surface area contributed by atoms with Crippen LogP contribution in [-0.2, 0) is 19.0 Å². The molecule has 140 valence electrons. The Hall–Kier alpha value is -2.28. The molecule has 3 rings (SSSR count). The minimum absolute atomic E-state index is 0.112. The molecule has 1 N–H and O–H groups in total. The predicted octanol–water partition coefficient (Wildman–Crippen LogP) is 3.94. The number of aromatic nitrogens is 1. The Morgan fingerprint density at radius 1 is 1.15 bits per heavy atom. The van der Waals surface area contributed by atoms with Gasteiger partial charge in [-0.05, 0) is 60.7 Å². The molecular weight excluding hydrogens is 345 g/mol. The Kier molecular flexibility index (Phi) is 5.36. The summed E-state index contributed by atoms with van der Waals surface area (Å²) in [6.45, 7) is 0.846. The number of nitrogens with one attached hydrogen (secondary N) is 1. The van der Waals surface area contributed by atoms with E-state index in [1.54, 1.807) is 14.2 Å². The molecule has 0 radical (unpaired) electrons. The van der Waals surface area contributed by atoms with Crippen LogP contribution in [0.2, 0.25) is 0 Å². The molecule has 0 fully saturated rings. The van der Waals surface area contributed by atoms with Crippen LogP contribution in [0.15, 0.2) is 30.5 Å². The Bertz CT molecular complexity index is 761. The maximum absolute atomic E-state index is 12.6. The molecule has 1 aliphatic heterocycles. The molecule has 4 nitrogen and oxygen atoms in total. The van der Waals surface area contributed by atoms with Gasteiger partial charge in [0.2, 0.25) is 0 Å². The molecule has 7 heteroatoms. The summed E-state index contributed by atoms with van der Waals surface area (Å²) in [4.78, 5) is 3.53. The highest BCUT2D eigenvalue weighted by molar-refractivity contribution is 5.49. The average Bonchev–Trinajstić information content (AvgIpc) is 2.64. The zero-order valence-electron chi connectivity index (χ0n) is 14.7. The second-order valence-corrected chi connectivity index (χ2v) is 6.25. The lowest BCUT2D eigenvalue weighted by Gasteiger charge is -2.28. The van der Waals surface area contributed by atoms with Crippen LogP contribution in [0.25, 0.3) is 0 Å². The fourth-order valence-electron chi connectivity index (χ4n) is 3.28. The lowest BCUT2D eigenvalue weighted by molar-refractivity contribution is -0.141. The molecule has 0 unspecified atom stereocenters. The van der Waals surface area contributed by atoms with E-state index >= 15 is 0 Å². The van der Waals surface area contributed by atoms with Crippen molar-refractivity contribution < 1.29 is 22.6 Å². The highest BCUT2D eigenvalue weighted by Crippen LogP contribution is 2.36. The first-order valence-electron chi connectivity index (χ1n) is 8.42. The number of nitrogens with zero attached hydrogens (tertiary/aromatic N) is 1. The molecule has 1 aromatic carbocycles. The van der Waals surface area contributed by atoms with E-state index in [4.69, 9.17) is 9.47 Å². The van der Waals surface area contributed by atoms with Crippen LogP contribution in [0.3, 0.4) is 0 Å². The summed E-state index contributed by atoms with van der Waals surface area (Å²) in [7, 11) is 3.21. The van der Waals surface area contributed by atoms with Gasteiger partial charge in [-0.15, -0.1) is 0 Å². The Morgan fingerprint density at radius 3 is 2.50 bits per heavy atom. The minimum Gasteiger partial charge on any atom is -0.493 e. The normalized spacial score (nSPS) is 16.9. The minimum atomic E-state index is -4.40. The Labute approximate surface area is 150 Å². The fraction of sp³-hybridized carbons (Fsp3) is 0.421. The van der Waals surface area contributed by atoms with Crippen molar-refractivity contribution in [3.63, 3.8) is 0 Å². The quantitative estimate of drug-likeness (QED) is 0.871. The number of alkyl halides is 3. The van der Waals surface area contributed by atoms with Gasteiger partial charge >= 0.3 is 6.18 Å². The van der Waals surface area contributed by atoms with Gasteiger partial charge in [-0.2, -0.15) is 13.2 Å². The maximum atomic E-state index is 12.6. The molecule has 0 saturated heterocycles. The molecule has 26 heavy (non-hydrogen) atoms. The van der Waals surface area contributed by atoms with Crippen molar-refractivity contribution in [2.45, 2.75) is 31.5 Å². The highest BCUT2D eigenvalue weighted by Gasteiger charge is 2.32. The first-order valence-corrected chi connectivity index (χ1v) is 8.42. The van der Waals surface area contributed by atoms with Gasteiger partial charge in [0.05, 0.1) is 14.2 Å². The number of methoxy groups -OCH3 is 2. The number of fused-ring (bicyclic) bond motifs is 1. The van der Waals surface area contributed by atoms with Crippen molar-refractivity contribution in [1.82, 2.24) is 10.3 Å². The Balaban J connectivity index is 1.74. The topological polar surface area (TPSA) is 43.4 Å². The van der Waals surface area contributed by atoms with Crippen LogP contribution < -0.4 is 14.8 Å². The van der Waals surface area contributed by atoms with Gasteiger partial charge in [-0.25, -0.2) is 0 Å². The summed E-state index contributed by atoms with van der Waals surface area (Å²) in [5, 5.41) is 3.47. The third-order valence-electron chi connectivity index (χ3n) is 4.64. The molecule has 0 aliphatic carbocycles. The van der Waals surface area contributed by atoms with Gasteiger partial charge < -0.3 is 14.8 Å². The number of hydrogen-bond donors (Lipinski definition) is 1. The van der Waals surface area contributed by atoms with E-state index in [0.29, 0.717) is 17.9 Å². The van der Waals surface area contributed by atoms with Crippen LogP contribution in [-0.4, -0.2) is 25.7 Å². The number of ether oxygens (including phenoxy) is 2. The number of hydrogen-bond acceptors (Lipinski definition) is 4. The SMILES string of the molecule is COc1cc2c(cc1OC)[C@H](CCc1ccc(C(F)(F)F)nc1)NCC2. The second-order valence-electron chi connectivity index (χ2n) is 6.25. The van der Waals surface area contributed by atoms with Crippen molar-refractivity contribution in [2.24, 2.45) is 0 Å². The van der Waals surface area contributed by atoms with Gasteiger partial charge in [-0.1, -0.05) is 6.07 Å². The zero-order valence-corrected chi connectivity index (χ0v) is 14.7. The third-order valence-corrected chi connectivity index (χ3v) is 4.64. The van der Waals surface area contributed by atoms with Crippen LogP contribution in [0, 0.1) is 0 Å². The molecule has 0 bridgehead atoms. The lowest BCUT2D eigenvalue weighted by Crippen LogP contribution is -2.30. The summed E-state index contributed by atoms with van der Waals surface area (Å²) in [6, 6.07) is 6.62. The van der Waals surface area contributed by atoms with E-state index in [1.807, 2.05) is 12.1 Å². The highest BCUT2D eigenvalue weighted by atomic mass is 19.4. The first-order chi connectivity index (χ1) is 12.4. The smallest absolute Gasteiger partial charge is 0.433 e. The van der Waals surface area contributed by atoms with Gasteiger partial charge in [0.15, 0.2) is 11.5 Å². The summed E-state index contributed by atoms with van der Waals surface area (Å²) in [6.07, 6.45) is -0.806. The summed E-state index contributed by atoms with van der Waals surface area (Å²) in [5.41, 5.74) is 2.28. The van der Waals surface area contributed by atoms with Gasteiger partial charge in [-0.3, -0.25) is 4.98 Å². The van der Waals surface area contributed by atoms with Crippen LogP contribution in [0.4, 0.5) is 13.2 Å². The van der Waals surface area contributed by atoms with E-state index in [1.165, 1.54) is 17.8 Å². The number of benzene rings is 1. The predicted molar refractivity (Wildman–Crippen MR) is 91.6 cm³/mol. The first kappa shape index (κ1) is 18.5. The van der Waals surface area contributed by atoms with Crippen LogP contribution >= 0.6 is 0 Å². The summed E-state index contributed by atoms with van der Waals surface area (Å²) in [5.74, 6) is 1.38. The molecule has 2 heterocycles. The van der Waals surface area contributed by atoms with Crippen molar-refractivity contribution >= 4 is 0 Å². The van der Waals surface area contributed by atoms with E-state index in [9.17, 15) is 13.2 Å². The van der Waals surface area contributed by atoms with E-state index in [2.05, 4.69) is 10.3 Å². The number of aryl methyl sites for hydroxylation is 1. The van der Waals surface area contributed by atoms with Crippen molar-refractivity contribution in [2.75, 3.05) is 20.8 Å². The van der Waals surface area contributed by atoms with Crippen LogP contribution in [0.1, 0.15) is 34.8 Å². The summed E-state index contributed by atoms with van der Waals surface area (Å²) >= 11 is 0. The second kappa shape index (κ2) is 7.53. The van der Waals surface area contributed by atoms with E-state index in [-0.39, 0.29) is 6.04 Å². The van der Waals surface area contributed by atoms with Crippen LogP contribution in [0.5, 0.6) is 11.5 Å². The average molecular weight is 366 g/mol. The van der Waals surface area contributed by atoms with Crippen molar-refractivity contribution in [3.8, 4) is 11.5 Å². The molecular formula is C19H21F3N2O2. The molecule has 0 saturated carbocycles. The number of halogens is 3. The monoisotopic (exact) mass is 366 g/mol. The van der Waals surface area contributed by atoms with Gasteiger partial charge in [0.25, 0.3) is 0 Å². The van der Waals surface area contributed by atoms with E-state index < -0.39 is 11.9 Å². The molecule has 1 atom stereocenters. The number of rotatable bonds is 5. The molecule has 2 aromatic rings. The van der Waals surface area contributed by atoms with Crippen molar-refractivity contribution in [1.29, 1.82) is 0 Å². The number of pyridine rings is 1. The third kappa shape index (κ3) is 3.93. The van der Waals surface area contributed by atoms with Gasteiger partial charge in [0, 0.05) is 12.2 Å². The fourth-order valence-corrected chi connectivity index (χ4v) is 3.28. The molecule has 0 spiro atoms. The zero-order chi connectivity index (χ0) is 18.7. The summed E-state index contributed by atoms with van der Waals surface area (Å²) < 4.78 is 48.5. The molecule has 1 aromatic heterocycles. The molecule has 1 aliphatic rings. The molecule has 0 amide bonds. The van der Waals surface area contributed by atoms with Crippen molar-refractivity contribution in [3.05, 3.63) is 52.8 Å². The maximum Gasteiger partial charge on any atom is 0.433 e. The van der Waals surface area contributed by atoms with Gasteiger partial charge in [0.1, 0.15) is 5.69 Å². The Morgan fingerprint density at radius 2 is 1.88 bits per heavy atom. The largest absolute Gasteiger partial charge is 0.493 e. The lowest BCUT2D eigenvalue weighted by atomic mass is 9.90.